The molecule has 0 bridgehead atoms. The summed E-state index contributed by atoms with van der Waals surface area (Å²) >= 11 is 0. The first-order chi connectivity index (χ1) is 14.4. The molecule has 2 saturated heterocycles. The Morgan fingerprint density at radius 3 is 2.60 bits per heavy atom. The van der Waals surface area contributed by atoms with E-state index in [1.807, 2.05) is 4.90 Å². The molecule has 7 nitrogen and oxygen atoms in total. The SMILES string of the molecule is CC(=O)[C@@]1(C2CC2)CC[C@@H](N2CCN(c3ccc(F)c(C(=O)O)c3)[C@H](CO)C2)CO1. The molecule has 30 heavy (non-hydrogen) atoms. The zero-order chi connectivity index (χ0) is 21.5. The van der Waals surface area contributed by atoms with E-state index in [2.05, 4.69) is 4.90 Å². The summed E-state index contributed by atoms with van der Waals surface area (Å²) in [5.41, 5.74) is -0.375. The van der Waals surface area contributed by atoms with E-state index in [4.69, 9.17) is 4.74 Å². The van der Waals surface area contributed by atoms with E-state index in [0.717, 1.165) is 38.3 Å². The summed E-state index contributed by atoms with van der Waals surface area (Å²) < 4.78 is 19.9. The Morgan fingerprint density at radius 2 is 2.03 bits per heavy atom. The molecule has 3 fully saturated rings. The number of ketones is 1. The van der Waals surface area contributed by atoms with Crippen LogP contribution in [0.25, 0.3) is 0 Å². The number of hydrogen-bond donors (Lipinski definition) is 2. The Kier molecular flexibility index (Phi) is 5.83. The topological polar surface area (TPSA) is 90.3 Å². The Labute approximate surface area is 175 Å². The molecule has 1 aromatic carbocycles. The number of halogens is 1. The van der Waals surface area contributed by atoms with Crippen LogP contribution in [0.4, 0.5) is 10.1 Å². The largest absolute Gasteiger partial charge is 0.478 e. The number of aromatic carboxylic acids is 1. The Balaban J connectivity index is 1.43. The molecule has 1 saturated carbocycles. The van der Waals surface area contributed by atoms with Gasteiger partial charge in [-0.1, -0.05) is 0 Å². The Bertz CT molecular complexity index is 820. The van der Waals surface area contributed by atoms with Crippen LogP contribution in [0.2, 0.25) is 0 Å². The number of carboxylic acid groups (broad SMARTS) is 1. The van der Waals surface area contributed by atoms with Gasteiger partial charge in [-0.2, -0.15) is 0 Å². The smallest absolute Gasteiger partial charge is 0.338 e. The van der Waals surface area contributed by atoms with Gasteiger partial charge in [0.25, 0.3) is 0 Å². The minimum atomic E-state index is -1.31. The van der Waals surface area contributed by atoms with Crippen molar-refractivity contribution in [2.45, 2.75) is 50.3 Å². The first-order valence-corrected chi connectivity index (χ1v) is 10.6. The molecule has 1 aliphatic carbocycles. The van der Waals surface area contributed by atoms with Crippen molar-refractivity contribution < 1.29 is 28.9 Å². The third-order valence-corrected chi connectivity index (χ3v) is 6.97. The number of carbonyl (C=O) groups excluding carboxylic acids is 1. The van der Waals surface area contributed by atoms with E-state index in [1.165, 1.54) is 6.07 Å². The van der Waals surface area contributed by atoms with Crippen LogP contribution in [-0.2, 0) is 9.53 Å². The van der Waals surface area contributed by atoms with E-state index in [0.29, 0.717) is 31.3 Å². The van der Waals surface area contributed by atoms with E-state index >= 15 is 0 Å². The Hall–Kier alpha value is -2.03. The monoisotopic (exact) mass is 420 g/mol. The molecule has 0 radical (unpaired) electrons. The van der Waals surface area contributed by atoms with Crippen LogP contribution in [0, 0.1) is 11.7 Å². The highest BCUT2D eigenvalue weighted by molar-refractivity contribution is 5.89. The molecule has 4 rings (SSSR count). The molecule has 3 aliphatic rings. The lowest BCUT2D eigenvalue weighted by Crippen LogP contribution is -2.60. The molecule has 8 heteroatoms. The van der Waals surface area contributed by atoms with Crippen molar-refractivity contribution in [3.05, 3.63) is 29.6 Å². The van der Waals surface area contributed by atoms with Gasteiger partial charge < -0.3 is 19.8 Å². The Morgan fingerprint density at radius 1 is 1.27 bits per heavy atom. The van der Waals surface area contributed by atoms with Crippen molar-refractivity contribution in [3.63, 3.8) is 0 Å². The standard InChI is InChI=1S/C22H29FN2O5/c1-14(27)22(15-2-3-15)7-6-17(13-30-22)24-8-9-25(18(11-24)12-26)16-4-5-20(23)19(10-16)21(28)29/h4-5,10,15,17-18,26H,2-3,6-9,11-13H2,1H3,(H,28,29)/t17-,18+,22-/m1/s1. The van der Waals surface area contributed by atoms with Crippen molar-refractivity contribution in [3.8, 4) is 0 Å². The van der Waals surface area contributed by atoms with Crippen LogP contribution in [-0.4, -0.2) is 77.4 Å². The maximum absolute atomic E-state index is 13.8. The van der Waals surface area contributed by atoms with E-state index in [9.17, 15) is 24.2 Å². The minimum absolute atomic E-state index is 0.0939. The molecule has 2 heterocycles. The maximum atomic E-state index is 13.8. The number of anilines is 1. The number of benzene rings is 1. The molecular formula is C22H29FN2O5. The lowest BCUT2D eigenvalue weighted by Gasteiger charge is -2.48. The fourth-order valence-electron chi connectivity index (χ4n) is 5.07. The van der Waals surface area contributed by atoms with Crippen molar-refractivity contribution in [2.75, 3.05) is 37.7 Å². The van der Waals surface area contributed by atoms with Crippen molar-refractivity contribution in [1.82, 2.24) is 4.90 Å². The first-order valence-electron chi connectivity index (χ1n) is 10.6. The van der Waals surface area contributed by atoms with Crippen LogP contribution < -0.4 is 4.90 Å². The van der Waals surface area contributed by atoms with Gasteiger partial charge in [0.15, 0.2) is 5.78 Å². The number of rotatable bonds is 6. The summed E-state index contributed by atoms with van der Waals surface area (Å²) in [6, 6.07) is 4.01. The fourth-order valence-corrected chi connectivity index (χ4v) is 5.07. The summed E-state index contributed by atoms with van der Waals surface area (Å²) in [4.78, 5) is 27.7. The van der Waals surface area contributed by atoms with Gasteiger partial charge in [0.2, 0.25) is 0 Å². The highest BCUT2D eigenvalue weighted by atomic mass is 19.1. The lowest BCUT2D eigenvalue weighted by atomic mass is 9.83. The second-order valence-electron chi connectivity index (χ2n) is 8.72. The molecule has 0 unspecified atom stereocenters. The molecule has 0 amide bonds. The van der Waals surface area contributed by atoms with Crippen LogP contribution in [0.5, 0.6) is 0 Å². The third kappa shape index (κ3) is 3.84. The number of Topliss-reactive ketones (excluding diaryl/α,β-unsaturated/α-hetero) is 1. The average Bonchev–Trinajstić information content (AvgIpc) is 3.59. The number of hydrogen-bond acceptors (Lipinski definition) is 6. The fraction of sp³-hybridized carbons (Fsp3) is 0.636. The van der Waals surface area contributed by atoms with Gasteiger partial charge >= 0.3 is 5.97 Å². The van der Waals surface area contributed by atoms with E-state index < -0.39 is 17.4 Å². The number of ether oxygens (including phenoxy) is 1. The van der Waals surface area contributed by atoms with Gasteiger partial charge in [-0.25, -0.2) is 9.18 Å². The number of carbonyl (C=O) groups is 2. The van der Waals surface area contributed by atoms with Crippen LogP contribution >= 0.6 is 0 Å². The lowest BCUT2D eigenvalue weighted by molar-refractivity contribution is -0.160. The number of piperazine rings is 1. The van der Waals surface area contributed by atoms with Gasteiger partial charge in [0, 0.05) is 31.4 Å². The molecule has 2 aliphatic heterocycles. The predicted octanol–water partition coefficient (Wildman–Crippen LogP) is 1.92. The van der Waals surface area contributed by atoms with E-state index in [1.54, 1.807) is 13.0 Å². The number of carboxylic acids is 1. The summed E-state index contributed by atoms with van der Waals surface area (Å²) in [5.74, 6) is -1.58. The molecular weight excluding hydrogens is 391 g/mol. The second-order valence-corrected chi connectivity index (χ2v) is 8.72. The molecule has 164 valence electrons. The first kappa shape index (κ1) is 21.2. The third-order valence-electron chi connectivity index (χ3n) is 6.97. The van der Waals surface area contributed by atoms with E-state index in [-0.39, 0.29) is 30.0 Å². The van der Waals surface area contributed by atoms with Crippen molar-refractivity contribution in [2.24, 2.45) is 5.92 Å². The quantitative estimate of drug-likeness (QED) is 0.727. The molecule has 0 spiro atoms. The van der Waals surface area contributed by atoms with Gasteiger partial charge in [-0.15, -0.1) is 0 Å². The average molecular weight is 420 g/mol. The summed E-state index contributed by atoms with van der Waals surface area (Å²) in [6.45, 7) is 3.96. The summed E-state index contributed by atoms with van der Waals surface area (Å²) in [5, 5.41) is 19.2. The van der Waals surface area contributed by atoms with Crippen LogP contribution in [0.1, 0.15) is 43.0 Å². The highest BCUT2D eigenvalue weighted by Crippen LogP contribution is 2.47. The van der Waals surface area contributed by atoms with Gasteiger partial charge in [-0.3, -0.25) is 9.69 Å². The second kappa shape index (κ2) is 8.24. The molecule has 2 N–H and O–H groups in total. The van der Waals surface area contributed by atoms with Gasteiger partial charge in [-0.05, 0) is 56.7 Å². The number of nitrogens with zero attached hydrogens (tertiary/aromatic N) is 2. The molecule has 1 aromatic rings. The maximum Gasteiger partial charge on any atom is 0.338 e. The highest BCUT2D eigenvalue weighted by Gasteiger charge is 2.52. The zero-order valence-electron chi connectivity index (χ0n) is 17.2. The minimum Gasteiger partial charge on any atom is -0.478 e. The van der Waals surface area contributed by atoms with Crippen molar-refractivity contribution in [1.29, 1.82) is 0 Å². The summed E-state index contributed by atoms with van der Waals surface area (Å²) in [6.07, 6.45) is 3.74. The zero-order valence-corrected chi connectivity index (χ0v) is 17.2. The van der Waals surface area contributed by atoms with Crippen LogP contribution in [0.15, 0.2) is 18.2 Å². The molecule has 0 aromatic heterocycles. The molecule has 3 atom stereocenters. The normalized spacial score (nSPS) is 30.3. The van der Waals surface area contributed by atoms with Crippen LogP contribution in [0.3, 0.4) is 0 Å². The summed E-state index contributed by atoms with van der Waals surface area (Å²) in [7, 11) is 0. The van der Waals surface area contributed by atoms with Gasteiger partial charge in [0.1, 0.15) is 11.4 Å². The van der Waals surface area contributed by atoms with Gasteiger partial charge in [0.05, 0.1) is 24.8 Å². The predicted molar refractivity (Wildman–Crippen MR) is 108 cm³/mol. The number of aliphatic hydroxyl groups excluding tert-OH is 1. The number of aliphatic hydroxyl groups is 1. The van der Waals surface area contributed by atoms with Crippen molar-refractivity contribution >= 4 is 17.4 Å².